The summed E-state index contributed by atoms with van der Waals surface area (Å²) in [6, 6.07) is 3.50. The molecule has 0 saturated carbocycles. The minimum atomic E-state index is -0.362. The normalized spacial score (nSPS) is 9.62. The van der Waals surface area contributed by atoms with Crippen molar-refractivity contribution in [1.29, 1.82) is 0 Å². The standard InChI is InChI=1S/C10H12O3/c1-3-8(2)10(11)13-7-9-5-4-6-12-9/h4-6H,2-3,7H2,1H3. The fraction of sp³-hybridized carbons (Fsp3) is 0.300. The number of ether oxygens (including phenoxy) is 1. The van der Waals surface area contributed by atoms with Gasteiger partial charge < -0.3 is 9.15 Å². The molecule has 0 spiro atoms. The van der Waals surface area contributed by atoms with Crippen molar-refractivity contribution in [2.24, 2.45) is 0 Å². The highest BCUT2D eigenvalue weighted by Gasteiger charge is 2.06. The van der Waals surface area contributed by atoms with Crippen molar-refractivity contribution in [3.05, 3.63) is 36.3 Å². The maximum Gasteiger partial charge on any atom is 0.333 e. The number of rotatable bonds is 4. The molecule has 3 heteroatoms. The van der Waals surface area contributed by atoms with Crippen molar-refractivity contribution in [2.75, 3.05) is 0 Å². The van der Waals surface area contributed by atoms with Gasteiger partial charge in [0.2, 0.25) is 0 Å². The van der Waals surface area contributed by atoms with Crippen molar-refractivity contribution in [2.45, 2.75) is 20.0 Å². The van der Waals surface area contributed by atoms with Gasteiger partial charge in [0.1, 0.15) is 12.4 Å². The molecule has 0 radical (unpaired) electrons. The summed E-state index contributed by atoms with van der Waals surface area (Å²) in [4.78, 5) is 11.1. The molecule has 70 valence electrons. The van der Waals surface area contributed by atoms with Crippen LogP contribution in [0.3, 0.4) is 0 Å². The minimum absolute atomic E-state index is 0.171. The molecule has 0 bridgehead atoms. The van der Waals surface area contributed by atoms with Crippen LogP contribution in [0.25, 0.3) is 0 Å². The average molecular weight is 180 g/mol. The van der Waals surface area contributed by atoms with Gasteiger partial charge in [0.15, 0.2) is 0 Å². The van der Waals surface area contributed by atoms with Gasteiger partial charge in [-0.15, -0.1) is 0 Å². The van der Waals surface area contributed by atoms with E-state index < -0.39 is 0 Å². The van der Waals surface area contributed by atoms with Gasteiger partial charge in [-0.3, -0.25) is 0 Å². The second-order valence-electron chi connectivity index (χ2n) is 2.61. The van der Waals surface area contributed by atoms with Crippen molar-refractivity contribution >= 4 is 5.97 Å². The summed E-state index contributed by atoms with van der Waals surface area (Å²) in [5.41, 5.74) is 0.478. The minimum Gasteiger partial charge on any atom is -0.466 e. The Hall–Kier alpha value is -1.51. The van der Waals surface area contributed by atoms with Gasteiger partial charge in [-0.25, -0.2) is 4.79 Å². The lowest BCUT2D eigenvalue weighted by Crippen LogP contribution is -2.05. The quantitative estimate of drug-likeness (QED) is 0.527. The van der Waals surface area contributed by atoms with E-state index in [2.05, 4.69) is 6.58 Å². The van der Waals surface area contributed by atoms with Crippen molar-refractivity contribution in [3.8, 4) is 0 Å². The SMILES string of the molecule is C=C(CC)C(=O)OCc1ccco1. The van der Waals surface area contributed by atoms with Crippen LogP contribution in [0.2, 0.25) is 0 Å². The first-order valence-corrected chi connectivity index (χ1v) is 4.11. The van der Waals surface area contributed by atoms with Crippen LogP contribution >= 0.6 is 0 Å². The van der Waals surface area contributed by atoms with Crippen LogP contribution in [-0.4, -0.2) is 5.97 Å². The van der Waals surface area contributed by atoms with Crippen molar-refractivity contribution in [1.82, 2.24) is 0 Å². The first-order valence-electron chi connectivity index (χ1n) is 4.11. The summed E-state index contributed by atoms with van der Waals surface area (Å²) in [6.07, 6.45) is 2.15. The number of hydrogen-bond donors (Lipinski definition) is 0. The topological polar surface area (TPSA) is 39.4 Å². The molecule has 0 aliphatic heterocycles. The number of carbonyl (C=O) groups is 1. The summed E-state index contributed by atoms with van der Waals surface area (Å²) in [7, 11) is 0. The van der Waals surface area contributed by atoms with Gasteiger partial charge in [-0.1, -0.05) is 13.5 Å². The number of furan rings is 1. The van der Waals surface area contributed by atoms with Crippen LogP contribution in [0.15, 0.2) is 35.0 Å². The third-order valence-electron chi connectivity index (χ3n) is 1.64. The first kappa shape index (κ1) is 9.58. The molecule has 0 N–H and O–H groups in total. The molecular weight excluding hydrogens is 168 g/mol. The molecule has 0 saturated heterocycles. The number of hydrogen-bond acceptors (Lipinski definition) is 3. The zero-order valence-corrected chi connectivity index (χ0v) is 7.58. The highest BCUT2D eigenvalue weighted by atomic mass is 16.5. The summed E-state index contributed by atoms with van der Waals surface area (Å²) < 4.78 is 9.90. The highest BCUT2D eigenvalue weighted by molar-refractivity contribution is 5.87. The molecular formula is C10H12O3. The van der Waals surface area contributed by atoms with Gasteiger partial charge in [-0.2, -0.15) is 0 Å². The van der Waals surface area contributed by atoms with Crippen LogP contribution in [0.5, 0.6) is 0 Å². The Morgan fingerprint density at radius 2 is 2.46 bits per heavy atom. The van der Waals surface area contributed by atoms with Gasteiger partial charge >= 0.3 is 5.97 Å². The summed E-state index contributed by atoms with van der Waals surface area (Å²) >= 11 is 0. The molecule has 1 rings (SSSR count). The smallest absolute Gasteiger partial charge is 0.333 e. The maximum atomic E-state index is 11.1. The molecule has 0 atom stereocenters. The zero-order chi connectivity index (χ0) is 9.68. The highest BCUT2D eigenvalue weighted by Crippen LogP contribution is 2.05. The van der Waals surface area contributed by atoms with Crippen molar-refractivity contribution < 1.29 is 13.9 Å². The lowest BCUT2D eigenvalue weighted by Gasteiger charge is -2.02. The fourth-order valence-corrected chi connectivity index (χ4v) is 0.778. The molecule has 1 heterocycles. The predicted octanol–water partition coefficient (Wildman–Crippen LogP) is 2.29. The van der Waals surface area contributed by atoms with Gasteiger partial charge in [0.25, 0.3) is 0 Å². The molecule has 1 aromatic heterocycles. The van der Waals surface area contributed by atoms with Gasteiger partial charge in [0.05, 0.1) is 6.26 Å². The van der Waals surface area contributed by atoms with E-state index in [1.54, 1.807) is 12.1 Å². The van der Waals surface area contributed by atoms with Crippen LogP contribution < -0.4 is 0 Å². The van der Waals surface area contributed by atoms with Crippen LogP contribution in [0.1, 0.15) is 19.1 Å². The fourth-order valence-electron chi connectivity index (χ4n) is 0.778. The Bertz CT molecular complexity index is 285. The van der Waals surface area contributed by atoms with E-state index in [1.807, 2.05) is 6.92 Å². The molecule has 1 aromatic rings. The monoisotopic (exact) mass is 180 g/mol. The largest absolute Gasteiger partial charge is 0.466 e. The molecule has 0 aromatic carbocycles. The van der Waals surface area contributed by atoms with Crippen LogP contribution in [0.4, 0.5) is 0 Å². The van der Waals surface area contributed by atoms with E-state index >= 15 is 0 Å². The van der Waals surface area contributed by atoms with E-state index in [-0.39, 0.29) is 12.6 Å². The van der Waals surface area contributed by atoms with Crippen LogP contribution in [0, 0.1) is 0 Å². The van der Waals surface area contributed by atoms with Gasteiger partial charge in [0, 0.05) is 5.57 Å². The molecule has 0 amide bonds. The van der Waals surface area contributed by atoms with Gasteiger partial charge in [-0.05, 0) is 18.6 Å². The van der Waals surface area contributed by atoms with E-state index in [0.717, 1.165) is 0 Å². The summed E-state index contributed by atoms with van der Waals surface area (Å²) in [5, 5.41) is 0. The summed E-state index contributed by atoms with van der Waals surface area (Å²) in [6.45, 7) is 5.60. The maximum absolute atomic E-state index is 11.1. The summed E-state index contributed by atoms with van der Waals surface area (Å²) in [5.74, 6) is 0.274. The Balaban J connectivity index is 2.35. The Kier molecular flexibility index (Phi) is 3.31. The third kappa shape index (κ3) is 2.78. The Morgan fingerprint density at radius 3 is 3.00 bits per heavy atom. The second-order valence-corrected chi connectivity index (χ2v) is 2.61. The van der Waals surface area contributed by atoms with E-state index in [4.69, 9.17) is 9.15 Å². The van der Waals surface area contributed by atoms with E-state index in [9.17, 15) is 4.79 Å². The molecule has 0 fully saturated rings. The lowest BCUT2D eigenvalue weighted by molar-refractivity contribution is -0.140. The molecule has 13 heavy (non-hydrogen) atoms. The first-order chi connectivity index (χ1) is 6.24. The molecule has 0 unspecified atom stereocenters. The average Bonchev–Trinajstić information content (AvgIpc) is 2.65. The lowest BCUT2D eigenvalue weighted by atomic mass is 10.2. The number of carbonyl (C=O) groups excluding carboxylic acids is 1. The predicted molar refractivity (Wildman–Crippen MR) is 47.9 cm³/mol. The third-order valence-corrected chi connectivity index (χ3v) is 1.64. The Labute approximate surface area is 77.0 Å². The van der Waals surface area contributed by atoms with E-state index in [1.165, 1.54) is 6.26 Å². The zero-order valence-electron chi connectivity index (χ0n) is 7.58. The molecule has 0 aliphatic rings. The molecule has 3 nitrogen and oxygen atoms in total. The van der Waals surface area contributed by atoms with Crippen LogP contribution in [-0.2, 0) is 16.1 Å². The Morgan fingerprint density at radius 1 is 1.69 bits per heavy atom. The second kappa shape index (κ2) is 4.50. The molecule has 0 aliphatic carbocycles. The van der Waals surface area contributed by atoms with Crippen molar-refractivity contribution in [3.63, 3.8) is 0 Å². The number of esters is 1. The van der Waals surface area contributed by atoms with E-state index in [0.29, 0.717) is 17.8 Å².